The van der Waals surface area contributed by atoms with Crippen molar-refractivity contribution < 1.29 is 10.0 Å². The Kier molecular flexibility index (Phi) is 4.11. The van der Waals surface area contributed by atoms with E-state index in [-0.39, 0.29) is 17.8 Å². The first-order valence-electron chi connectivity index (χ1n) is 6.61. The van der Waals surface area contributed by atoms with Crippen LogP contribution >= 0.6 is 0 Å². The van der Waals surface area contributed by atoms with Crippen LogP contribution in [0.2, 0.25) is 0 Å². The van der Waals surface area contributed by atoms with Crippen LogP contribution in [0.1, 0.15) is 23.8 Å². The highest BCUT2D eigenvalue weighted by Crippen LogP contribution is 2.19. The first-order chi connectivity index (χ1) is 9.95. The molecule has 1 heterocycles. The number of aromatic nitrogens is 2. The summed E-state index contributed by atoms with van der Waals surface area (Å²) in [5.41, 5.74) is 6.79. The summed E-state index contributed by atoms with van der Waals surface area (Å²) >= 11 is 0. The van der Waals surface area contributed by atoms with Crippen LogP contribution in [0.25, 0.3) is 10.9 Å². The second-order valence-corrected chi connectivity index (χ2v) is 5.05. The van der Waals surface area contributed by atoms with E-state index in [0.29, 0.717) is 12.1 Å². The van der Waals surface area contributed by atoms with E-state index in [1.54, 1.807) is 23.7 Å². The first-order valence-corrected chi connectivity index (χ1v) is 6.61. The number of nitrogens with zero attached hydrogens (tertiary/aromatic N) is 4. The van der Waals surface area contributed by atoms with E-state index in [2.05, 4.69) is 10.3 Å². The lowest BCUT2D eigenvalue weighted by Gasteiger charge is -2.23. The van der Waals surface area contributed by atoms with Crippen LogP contribution < -0.4 is 5.73 Å². The molecule has 3 N–H and O–H groups in total. The number of amides is 1. The molecule has 0 bridgehead atoms. The molecule has 1 unspecified atom stereocenters. The third-order valence-electron chi connectivity index (χ3n) is 3.57. The summed E-state index contributed by atoms with van der Waals surface area (Å²) in [6, 6.07) is 7.37. The largest absolute Gasteiger partial charge is 0.409 e. The Labute approximate surface area is 122 Å². The number of oxime groups is 1. The van der Waals surface area contributed by atoms with Crippen LogP contribution in [0.5, 0.6) is 0 Å². The van der Waals surface area contributed by atoms with Crippen molar-refractivity contribution in [1.82, 2.24) is 14.7 Å². The fraction of sp³-hybridized carbons (Fsp3) is 0.357. The number of rotatable bonds is 4. The van der Waals surface area contributed by atoms with Gasteiger partial charge in [-0.25, -0.2) is 0 Å². The molecule has 0 saturated carbocycles. The average Bonchev–Trinajstić information content (AvgIpc) is 2.83. The smallest absolute Gasteiger partial charge is 0.274 e. The Hall–Kier alpha value is -2.57. The normalized spacial score (nSPS) is 13.4. The fourth-order valence-corrected chi connectivity index (χ4v) is 2.22. The van der Waals surface area contributed by atoms with Crippen molar-refractivity contribution in [2.75, 3.05) is 7.05 Å². The molecule has 0 spiro atoms. The van der Waals surface area contributed by atoms with Crippen LogP contribution in [-0.2, 0) is 7.05 Å². The Bertz CT molecular complexity index is 692. The molecule has 2 rings (SSSR count). The zero-order chi connectivity index (χ0) is 15.6. The maximum Gasteiger partial charge on any atom is 0.274 e. The number of hydrogen-bond acceptors (Lipinski definition) is 4. The second kappa shape index (κ2) is 5.82. The van der Waals surface area contributed by atoms with Gasteiger partial charge in [0.15, 0.2) is 5.69 Å². The number of aryl methyl sites for hydroxylation is 1. The van der Waals surface area contributed by atoms with Gasteiger partial charge in [-0.05, 0) is 13.0 Å². The number of nitrogens with two attached hydrogens (primary N) is 1. The van der Waals surface area contributed by atoms with Crippen molar-refractivity contribution in [3.8, 4) is 0 Å². The van der Waals surface area contributed by atoms with Gasteiger partial charge in [-0.3, -0.25) is 9.48 Å². The number of amidine groups is 1. The van der Waals surface area contributed by atoms with E-state index in [0.717, 1.165) is 10.9 Å². The minimum atomic E-state index is -0.200. The van der Waals surface area contributed by atoms with E-state index < -0.39 is 0 Å². The highest BCUT2D eigenvalue weighted by atomic mass is 16.4. The van der Waals surface area contributed by atoms with E-state index >= 15 is 0 Å². The molecule has 1 amide bonds. The number of hydrogen-bond donors (Lipinski definition) is 2. The van der Waals surface area contributed by atoms with Crippen LogP contribution in [-0.4, -0.2) is 44.7 Å². The molecule has 0 aliphatic carbocycles. The maximum absolute atomic E-state index is 12.6. The van der Waals surface area contributed by atoms with E-state index in [4.69, 9.17) is 10.9 Å². The Morgan fingerprint density at radius 2 is 2.19 bits per heavy atom. The summed E-state index contributed by atoms with van der Waals surface area (Å²) in [7, 11) is 3.49. The number of fused-ring (bicyclic) bond motifs is 1. The zero-order valence-electron chi connectivity index (χ0n) is 12.3. The second-order valence-electron chi connectivity index (χ2n) is 5.05. The van der Waals surface area contributed by atoms with Gasteiger partial charge >= 0.3 is 0 Å². The summed E-state index contributed by atoms with van der Waals surface area (Å²) in [6.07, 6.45) is 0.295. The van der Waals surface area contributed by atoms with Crippen molar-refractivity contribution in [1.29, 1.82) is 0 Å². The predicted molar refractivity (Wildman–Crippen MR) is 80.3 cm³/mol. The summed E-state index contributed by atoms with van der Waals surface area (Å²) < 4.78 is 1.69. The number of carbonyl (C=O) groups excluding carboxylic acids is 1. The first kappa shape index (κ1) is 14.8. The van der Waals surface area contributed by atoms with E-state index in [1.807, 2.05) is 31.2 Å². The van der Waals surface area contributed by atoms with Gasteiger partial charge in [0.05, 0.1) is 5.52 Å². The van der Waals surface area contributed by atoms with Gasteiger partial charge in [0, 0.05) is 31.9 Å². The van der Waals surface area contributed by atoms with Gasteiger partial charge in [0.2, 0.25) is 0 Å². The molecular formula is C14H19N5O2. The predicted octanol–water partition coefficient (Wildman–Crippen LogP) is 1.17. The summed E-state index contributed by atoms with van der Waals surface area (Å²) in [4.78, 5) is 14.1. The standard InChI is InChI=1S/C14H19N5O2/c1-9(8-12(15)17-21)18(2)14(20)13-10-6-4-5-7-11(10)19(3)16-13/h4-7,9,21H,8H2,1-3H3,(H2,15,17). The lowest BCUT2D eigenvalue weighted by Crippen LogP contribution is -2.38. The SMILES string of the molecule is CC(C/C(N)=N/O)N(C)C(=O)c1nn(C)c2ccccc12. The lowest BCUT2D eigenvalue weighted by atomic mass is 10.1. The van der Waals surface area contributed by atoms with Gasteiger partial charge < -0.3 is 15.8 Å². The zero-order valence-corrected chi connectivity index (χ0v) is 12.3. The number of carbonyl (C=O) groups is 1. The minimum absolute atomic E-state index is 0.0908. The molecule has 7 heteroatoms. The summed E-state index contributed by atoms with van der Waals surface area (Å²) in [5, 5.41) is 16.7. The van der Waals surface area contributed by atoms with Crippen molar-refractivity contribution in [2.45, 2.75) is 19.4 Å². The van der Waals surface area contributed by atoms with Crippen LogP contribution in [0, 0.1) is 0 Å². The molecule has 0 saturated heterocycles. The molecule has 0 radical (unpaired) electrons. The minimum Gasteiger partial charge on any atom is -0.409 e. The third-order valence-corrected chi connectivity index (χ3v) is 3.57. The van der Waals surface area contributed by atoms with Crippen LogP contribution in [0.3, 0.4) is 0 Å². The highest BCUT2D eigenvalue weighted by Gasteiger charge is 2.23. The molecule has 1 aromatic heterocycles. The van der Waals surface area contributed by atoms with Gasteiger partial charge in [-0.15, -0.1) is 0 Å². The average molecular weight is 289 g/mol. The monoisotopic (exact) mass is 289 g/mol. The van der Waals surface area contributed by atoms with E-state index in [1.165, 1.54) is 0 Å². The van der Waals surface area contributed by atoms with Gasteiger partial charge in [0.1, 0.15) is 5.84 Å². The third kappa shape index (κ3) is 2.81. The van der Waals surface area contributed by atoms with Crippen molar-refractivity contribution in [3.63, 3.8) is 0 Å². The maximum atomic E-state index is 12.6. The van der Waals surface area contributed by atoms with Gasteiger partial charge in [0.25, 0.3) is 5.91 Å². The molecule has 21 heavy (non-hydrogen) atoms. The number of benzene rings is 1. The molecule has 7 nitrogen and oxygen atoms in total. The quantitative estimate of drug-likeness (QED) is 0.382. The highest BCUT2D eigenvalue weighted by molar-refractivity contribution is 6.05. The van der Waals surface area contributed by atoms with E-state index in [9.17, 15) is 4.79 Å². The molecule has 1 atom stereocenters. The molecule has 112 valence electrons. The molecule has 0 aliphatic rings. The molecular weight excluding hydrogens is 270 g/mol. The molecule has 0 aliphatic heterocycles. The van der Waals surface area contributed by atoms with Crippen LogP contribution in [0.4, 0.5) is 0 Å². The van der Waals surface area contributed by atoms with Gasteiger partial charge in [-0.2, -0.15) is 5.10 Å². The summed E-state index contributed by atoms with van der Waals surface area (Å²) in [6.45, 7) is 1.83. The molecule has 1 aromatic carbocycles. The Morgan fingerprint density at radius 1 is 1.52 bits per heavy atom. The fourth-order valence-electron chi connectivity index (χ4n) is 2.22. The molecule has 0 fully saturated rings. The van der Waals surface area contributed by atoms with Gasteiger partial charge in [-0.1, -0.05) is 23.4 Å². The van der Waals surface area contributed by atoms with Crippen molar-refractivity contribution >= 4 is 22.6 Å². The van der Waals surface area contributed by atoms with Crippen molar-refractivity contribution in [2.24, 2.45) is 17.9 Å². The van der Waals surface area contributed by atoms with Crippen LogP contribution in [0.15, 0.2) is 29.4 Å². The number of para-hydroxylation sites is 1. The summed E-state index contributed by atoms with van der Waals surface area (Å²) in [5.74, 6) is -0.0990. The molecule has 2 aromatic rings. The van der Waals surface area contributed by atoms with Crippen molar-refractivity contribution in [3.05, 3.63) is 30.0 Å². The lowest BCUT2D eigenvalue weighted by molar-refractivity contribution is 0.0742. The topological polar surface area (TPSA) is 96.7 Å². The Morgan fingerprint density at radius 3 is 2.86 bits per heavy atom. The Balaban J connectivity index is 2.30.